The highest BCUT2D eigenvalue weighted by Gasteiger charge is 2.34. The normalized spacial score (nSPS) is 13.5. The number of esters is 1. The van der Waals surface area contributed by atoms with Crippen LogP contribution in [0.5, 0.6) is 0 Å². The van der Waals surface area contributed by atoms with Gasteiger partial charge in [0.1, 0.15) is 24.3 Å². The molecule has 0 unspecified atom stereocenters. The predicted octanol–water partition coefficient (Wildman–Crippen LogP) is 1.33. The summed E-state index contributed by atoms with van der Waals surface area (Å²) in [6, 6.07) is -1.80. The Morgan fingerprint density at radius 1 is 1.00 bits per heavy atom. The van der Waals surface area contributed by atoms with Gasteiger partial charge in [-0.1, -0.05) is 20.8 Å². The van der Waals surface area contributed by atoms with Crippen LogP contribution in [0, 0.1) is 5.92 Å². The number of carbonyl (C=O) groups is 4. The van der Waals surface area contributed by atoms with E-state index in [4.69, 9.17) is 15.2 Å². The number of hydrogen-bond donors (Lipinski definition) is 1. The zero-order valence-electron chi connectivity index (χ0n) is 19.7. The van der Waals surface area contributed by atoms with E-state index < -0.39 is 35.5 Å². The highest BCUT2D eigenvalue weighted by molar-refractivity contribution is 5.91. The van der Waals surface area contributed by atoms with Crippen LogP contribution in [0.4, 0.5) is 0 Å². The molecule has 0 heterocycles. The maximum atomic E-state index is 13.2. The summed E-state index contributed by atoms with van der Waals surface area (Å²) < 4.78 is 10.6. The molecule has 0 fully saturated rings. The second-order valence-corrected chi connectivity index (χ2v) is 8.87. The predicted molar refractivity (Wildman–Crippen MR) is 113 cm³/mol. The van der Waals surface area contributed by atoms with Crippen molar-refractivity contribution in [2.45, 2.75) is 78.5 Å². The summed E-state index contributed by atoms with van der Waals surface area (Å²) in [4.78, 5) is 51.9. The Hall–Kier alpha value is -2.16. The molecule has 9 heteroatoms. The molecular formula is C21H39N3O6. The van der Waals surface area contributed by atoms with Crippen LogP contribution < -0.4 is 5.73 Å². The molecule has 0 spiro atoms. The molecule has 0 bridgehead atoms. The molecule has 0 saturated heterocycles. The van der Waals surface area contributed by atoms with Crippen LogP contribution in [0.1, 0.15) is 60.8 Å². The molecule has 0 saturated carbocycles. The van der Waals surface area contributed by atoms with E-state index in [1.807, 2.05) is 20.8 Å². The van der Waals surface area contributed by atoms with Gasteiger partial charge >= 0.3 is 5.97 Å². The first-order valence-electron chi connectivity index (χ1n) is 10.3. The Labute approximate surface area is 180 Å². The lowest BCUT2D eigenvalue weighted by Gasteiger charge is -2.34. The Bertz CT molecular complexity index is 600. The van der Waals surface area contributed by atoms with Crippen molar-refractivity contribution in [2.75, 3.05) is 27.3 Å². The summed E-state index contributed by atoms with van der Waals surface area (Å²) in [5, 5.41) is 0. The topological polar surface area (TPSA) is 119 Å². The van der Waals surface area contributed by atoms with Crippen LogP contribution >= 0.6 is 0 Å². The number of likely N-dealkylation sites (N-methyl/N-ethyl adjacent to an activating group) is 2. The van der Waals surface area contributed by atoms with Crippen molar-refractivity contribution in [1.82, 2.24) is 9.80 Å². The molecule has 0 radical (unpaired) electrons. The van der Waals surface area contributed by atoms with E-state index in [9.17, 15) is 19.2 Å². The first-order valence-corrected chi connectivity index (χ1v) is 10.3. The van der Waals surface area contributed by atoms with Gasteiger partial charge in [0.15, 0.2) is 0 Å². The summed E-state index contributed by atoms with van der Waals surface area (Å²) >= 11 is 0. The SMILES string of the molecule is CCCC(=O)N(C)[C@H](COCC(=O)OC(C)(C)C)C(=O)N(C)[C@@H](CC(C)C)C(N)=O. The quantitative estimate of drug-likeness (QED) is 0.468. The smallest absolute Gasteiger partial charge is 0.332 e. The molecule has 2 N–H and O–H groups in total. The van der Waals surface area contributed by atoms with Crippen molar-refractivity contribution in [3.05, 3.63) is 0 Å². The molecule has 0 aliphatic carbocycles. The van der Waals surface area contributed by atoms with Gasteiger partial charge in [-0.25, -0.2) is 4.79 Å². The van der Waals surface area contributed by atoms with Crippen molar-refractivity contribution < 1.29 is 28.7 Å². The average Bonchev–Trinajstić information content (AvgIpc) is 2.60. The third-order valence-corrected chi connectivity index (χ3v) is 4.36. The van der Waals surface area contributed by atoms with Crippen LogP contribution in [0.15, 0.2) is 0 Å². The summed E-state index contributed by atoms with van der Waals surface area (Å²) in [5.41, 5.74) is 4.84. The number of nitrogens with zero attached hydrogens (tertiary/aromatic N) is 2. The minimum absolute atomic E-state index is 0.138. The third kappa shape index (κ3) is 10.0. The van der Waals surface area contributed by atoms with E-state index in [1.165, 1.54) is 23.9 Å². The highest BCUT2D eigenvalue weighted by atomic mass is 16.6. The molecule has 9 nitrogen and oxygen atoms in total. The van der Waals surface area contributed by atoms with Gasteiger partial charge in [0, 0.05) is 20.5 Å². The second-order valence-electron chi connectivity index (χ2n) is 8.87. The molecule has 0 aliphatic heterocycles. The maximum Gasteiger partial charge on any atom is 0.332 e. The fraction of sp³-hybridized carbons (Fsp3) is 0.810. The molecule has 0 rings (SSSR count). The lowest BCUT2D eigenvalue weighted by atomic mass is 10.0. The number of primary amides is 1. The van der Waals surface area contributed by atoms with Crippen LogP contribution in [-0.4, -0.2) is 78.5 Å². The standard InChI is InChI=1S/C21H39N3O6/c1-9-10-17(25)23(7)16(12-29-13-18(26)30-21(4,5)6)20(28)24(8)15(19(22)27)11-14(2)3/h14-16H,9-13H2,1-8H3,(H2,22,27)/t15-,16+/m0/s1. The third-order valence-electron chi connectivity index (χ3n) is 4.36. The Morgan fingerprint density at radius 2 is 1.57 bits per heavy atom. The van der Waals surface area contributed by atoms with Gasteiger partial charge in [-0.3, -0.25) is 14.4 Å². The summed E-state index contributed by atoms with van der Waals surface area (Å²) in [5.74, 6) is -1.76. The van der Waals surface area contributed by atoms with Gasteiger partial charge in [-0.05, 0) is 39.5 Å². The highest BCUT2D eigenvalue weighted by Crippen LogP contribution is 2.14. The first-order chi connectivity index (χ1) is 13.7. The fourth-order valence-corrected chi connectivity index (χ4v) is 2.84. The number of carbonyl (C=O) groups excluding carboxylic acids is 4. The monoisotopic (exact) mass is 429 g/mol. The number of rotatable bonds is 12. The molecule has 0 aromatic rings. The van der Waals surface area contributed by atoms with Gasteiger partial charge in [0.2, 0.25) is 17.7 Å². The van der Waals surface area contributed by atoms with Gasteiger partial charge in [0.25, 0.3) is 0 Å². The molecule has 0 aromatic carbocycles. The lowest BCUT2D eigenvalue weighted by Crippen LogP contribution is -2.55. The van der Waals surface area contributed by atoms with E-state index in [1.54, 1.807) is 20.8 Å². The van der Waals surface area contributed by atoms with E-state index in [0.717, 1.165) is 0 Å². The van der Waals surface area contributed by atoms with Crippen molar-refractivity contribution in [3.63, 3.8) is 0 Å². The van der Waals surface area contributed by atoms with Crippen molar-refractivity contribution >= 4 is 23.7 Å². The van der Waals surface area contributed by atoms with Gasteiger partial charge in [-0.2, -0.15) is 0 Å². The van der Waals surface area contributed by atoms with E-state index in [-0.39, 0.29) is 31.5 Å². The molecule has 2 atom stereocenters. The molecule has 174 valence electrons. The van der Waals surface area contributed by atoms with Crippen molar-refractivity contribution in [3.8, 4) is 0 Å². The second kappa shape index (κ2) is 12.5. The Kier molecular flexibility index (Phi) is 11.6. The minimum atomic E-state index is -0.995. The maximum absolute atomic E-state index is 13.2. The van der Waals surface area contributed by atoms with E-state index in [2.05, 4.69) is 0 Å². The number of nitrogens with two attached hydrogens (primary N) is 1. The van der Waals surface area contributed by atoms with Crippen LogP contribution in [0.3, 0.4) is 0 Å². The van der Waals surface area contributed by atoms with E-state index >= 15 is 0 Å². The van der Waals surface area contributed by atoms with Crippen molar-refractivity contribution in [2.24, 2.45) is 11.7 Å². The summed E-state index contributed by atoms with van der Waals surface area (Å²) in [6.07, 6.45) is 1.28. The Morgan fingerprint density at radius 3 is 2.00 bits per heavy atom. The molecule has 0 aromatic heterocycles. The molecular weight excluding hydrogens is 390 g/mol. The zero-order valence-corrected chi connectivity index (χ0v) is 19.7. The summed E-state index contributed by atoms with van der Waals surface area (Å²) in [7, 11) is 2.99. The van der Waals surface area contributed by atoms with E-state index in [0.29, 0.717) is 12.8 Å². The molecule has 0 aliphatic rings. The van der Waals surface area contributed by atoms with Crippen LogP contribution in [0.2, 0.25) is 0 Å². The molecule has 3 amide bonds. The zero-order chi connectivity index (χ0) is 23.6. The van der Waals surface area contributed by atoms with Crippen LogP contribution in [-0.2, 0) is 28.7 Å². The minimum Gasteiger partial charge on any atom is -0.458 e. The first kappa shape index (κ1) is 27.8. The molecule has 30 heavy (non-hydrogen) atoms. The number of ether oxygens (including phenoxy) is 2. The van der Waals surface area contributed by atoms with Gasteiger partial charge < -0.3 is 25.0 Å². The number of amides is 3. The van der Waals surface area contributed by atoms with Gasteiger partial charge in [0.05, 0.1) is 6.61 Å². The van der Waals surface area contributed by atoms with Crippen molar-refractivity contribution in [1.29, 1.82) is 0 Å². The lowest BCUT2D eigenvalue weighted by molar-refractivity contribution is -0.162. The largest absolute Gasteiger partial charge is 0.458 e. The van der Waals surface area contributed by atoms with Crippen LogP contribution in [0.25, 0.3) is 0 Å². The Balaban J connectivity index is 5.41. The summed E-state index contributed by atoms with van der Waals surface area (Å²) in [6.45, 7) is 10.4. The average molecular weight is 430 g/mol. The fourth-order valence-electron chi connectivity index (χ4n) is 2.84. The number of hydrogen-bond acceptors (Lipinski definition) is 6. The van der Waals surface area contributed by atoms with Gasteiger partial charge in [-0.15, -0.1) is 0 Å².